The van der Waals surface area contributed by atoms with Crippen LogP contribution >= 0.6 is 0 Å². The highest BCUT2D eigenvalue weighted by atomic mass is 32.2. The van der Waals surface area contributed by atoms with Gasteiger partial charge in [0.2, 0.25) is 21.8 Å². The SMILES string of the molecule is CC(Oc1nc(-c2ccc(N3CCN(S(C)(=O)=O)CC3)cc2)cc2ncn(C(F)F)c12)C1CNC(=O)C1. The molecule has 37 heavy (non-hydrogen) atoms. The van der Waals surface area contributed by atoms with E-state index < -0.39 is 22.7 Å². The fourth-order valence-electron chi connectivity index (χ4n) is 4.76. The fraction of sp³-hybridized carbons (Fsp3) is 0.458. The summed E-state index contributed by atoms with van der Waals surface area (Å²) in [6.45, 7) is 1.45. The first-order valence-corrected chi connectivity index (χ1v) is 13.8. The first-order chi connectivity index (χ1) is 17.6. The van der Waals surface area contributed by atoms with Crippen LogP contribution in [-0.4, -0.2) is 78.2 Å². The van der Waals surface area contributed by atoms with Crippen molar-refractivity contribution >= 4 is 32.7 Å². The molecule has 13 heteroatoms. The standard InChI is InChI=1S/C24H28F2N6O4S/c1-15(17-11-21(33)27-13-17)36-23-22-20(28-14-32(22)24(25)26)12-19(29-23)16-3-5-18(6-4-16)30-7-9-31(10-8-30)37(2,34)35/h3-6,12,14-15,17,24H,7-11,13H2,1-2H3,(H,27,33). The van der Waals surface area contributed by atoms with Crippen molar-refractivity contribution in [2.75, 3.05) is 43.9 Å². The van der Waals surface area contributed by atoms with Crippen LogP contribution in [0.15, 0.2) is 36.7 Å². The predicted molar refractivity (Wildman–Crippen MR) is 134 cm³/mol. The van der Waals surface area contributed by atoms with Gasteiger partial charge in [0.15, 0.2) is 0 Å². The van der Waals surface area contributed by atoms with E-state index >= 15 is 0 Å². The molecular weight excluding hydrogens is 506 g/mol. The molecule has 0 aliphatic carbocycles. The summed E-state index contributed by atoms with van der Waals surface area (Å²) in [5, 5.41) is 2.76. The van der Waals surface area contributed by atoms with Crippen LogP contribution in [0.1, 0.15) is 19.9 Å². The summed E-state index contributed by atoms with van der Waals surface area (Å²) in [5.41, 5.74) is 2.64. The number of alkyl halides is 2. The number of piperazine rings is 1. The van der Waals surface area contributed by atoms with Crippen LogP contribution in [0.25, 0.3) is 22.3 Å². The molecule has 3 aromatic rings. The number of carbonyl (C=O) groups is 1. The number of anilines is 1. The third kappa shape index (κ3) is 5.23. The number of halogens is 2. The van der Waals surface area contributed by atoms with Crippen LogP contribution < -0.4 is 15.0 Å². The van der Waals surface area contributed by atoms with Gasteiger partial charge in [-0.05, 0) is 25.1 Å². The topological polar surface area (TPSA) is 110 Å². The summed E-state index contributed by atoms with van der Waals surface area (Å²) in [6, 6.07) is 9.25. The lowest BCUT2D eigenvalue weighted by Crippen LogP contribution is -2.48. The van der Waals surface area contributed by atoms with Crippen molar-refractivity contribution < 1.29 is 26.7 Å². The van der Waals surface area contributed by atoms with Gasteiger partial charge in [-0.3, -0.25) is 9.36 Å². The van der Waals surface area contributed by atoms with Gasteiger partial charge >= 0.3 is 6.55 Å². The molecule has 1 amide bonds. The number of sulfonamides is 1. The smallest absolute Gasteiger partial charge is 0.320 e. The minimum Gasteiger partial charge on any atom is -0.473 e. The molecule has 2 atom stereocenters. The molecule has 0 saturated carbocycles. The molecule has 198 valence electrons. The van der Waals surface area contributed by atoms with Crippen molar-refractivity contribution in [2.45, 2.75) is 26.0 Å². The van der Waals surface area contributed by atoms with E-state index in [0.717, 1.165) is 22.1 Å². The number of hydrogen-bond donors (Lipinski definition) is 1. The molecule has 5 rings (SSSR count). The maximum Gasteiger partial charge on any atom is 0.320 e. The first-order valence-electron chi connectivity index (χ1n) is 12.0. The number of rotatable bonds is 7. The fourth-order valence-corrected chi connectivity index (χ4v) is 5.58. The van der Waals surface area contributed by atoms with Gasteiger partial charge in [0, 0.05) is 56.3 Å². The van der Waals surface area contributed by atoms with Gasteiger partial charge in [0.05, 0.1) is 17.5 Å². The van der Waals surface area contributed by atoms with E-state index in [0.29, 0.717) is 50.4 Å². The third-order valence-electron chi connectivity index (χ3n) is 6.94. The monoisotopic (exact) mass is 534 g/mol. The van der Waals surface area contributed by atoms with Gasteiger partial charge in [-0.1, -0.05) is 12.1 Å². The summed E-state index contributed by atoms with van der Waals surface area (Å²) in [4.78, 5) is 22.5. The van der Waals surface area contributed by atoms with Gasteiger partial charge in [0.1, 0.15) is 17.9 Å². The van der Waals surface area contributed by atoms with Crippen molar-refractivity contribution in [3.05, 3.63) is 36.7 Å². The Morgan fingerprint density at radius 1 is 1.14 bits per heavy atom. The zero-order chi connectivity index (χ0) is 26.3. The van der Waals surface area contributed by atoms with E-state index in [1.807, 2.05) is 24.3 Å². The molecule has 2 aliphatic heterocycles. The van der Waals surface area contributed by atoms with Crippen molar-refractivity contribution in [3.63, 3.8) is 0 Å². The number of carbonyl (C=O) groups excluding carboxylic acids is 1. The van der Waals surface area contributed by atoms with Crippen LogP contribution in [0, 0.1) is 5.92 Å². The number of hydrogen-bond acceptors (Lipinski definition) is 7. The maximum atomic E-state index is 13.7. The molecular formula is C24H28F2N6O4S. The molecule has 10 nitrogen and oxygen atoms in total. The molecule has 2 unspecified atom stereocenters. The second-order valence-electron chi connectivity index (χ2n) is 9.40. The summed E-state index contributed by atoms with van der Waals surface area (Å²) >= 11 is 0. The molecule has 0 spiro atoms. The van der Waals surface area contributed by atoms with E-state index in [9.17, 15) is 22.0 Å². The molecule has 4 heterocycles. The van der Waals surface area contributed by atoms with Crippen molar-refractivity contribution in [1.82, 2.24) is 24.2 Å². The van der Waals surface area contributed by atoms with Crippen LogP contribution in [0.2, 0.25) is 0 Å². The highest BCUT2D eigenvalue weighted by Gasteiger charge is 2.30. The Hall–Kier alpha value is -3.32. The number of benzene rings is 1. The van der Waals surface area contributed by atoms with E-state index in [4.69, 9.17) is 4.74 Å². The summed E-state index contributed by atoms with van der Waals surface area (Å²) in [6.07, 6.45) is 2.16. The number of nitrogens with one attached hydrogen (secondary N) is 1. The van der Waals surface area contributed by atoms with Crippen LogP contribution in [-0.2, 0) is 14.8 Å². The van der Waals surface area contributed by atoms with Gasteiger partial charge in [-0.15, -0.1) is 0 Å². The minimum atomic E-state index is -3.21. The second kappa shape index (κ2) is 9.86. The van der Waals surface area contributed by atoms with Gasteiger partial charge in [-0.2, -0.15) is 13.1 Å². The summed E-state index contributed by atoms with van der Waals surface area (Å²) in [5.74, 6) is -0.126. The normalized spacial score (nSPS) is 20.0. The minimum absolute atomic E-state index is 0.0399. The predicted octanol–water partition coefficient (Wildman–Crippen LogP) is 2.48. The Kier molecular flexibility index (Phi) is 6.75. The largest absolute Gasteiger partial charge is 0.473 e. The molecule has 0 bridgehead atoms. The number of aromatic nitrogens is 3. The molecule has 2 aromatic heterocycles. The molecule has 0 radical (unpaired) electrons. The van der Waals surface area contributed by atoms with Crippen molar-refractivity contribution in [3.8, 4) is 17.1 Å². The number of ether oxygens (including phenoxy) is 1. The zero-order valence-electron chi connectivity index (χ0n) is 20.5. The first kappa shape index (κ1) is 25.3. The van der Waals surface area contributed by atoms with Gasteiger partial charge in [-0.25, -0.2) is 18.4 Å². The second-order valence-corrected chi connectivity index (χ2v) is 11.4. The zero-order valence-corrected chi connectivity index (χ0v) is 21.3. The number of amides is 1. The maximum absolute atomic E-state index is 13.7. The quantitative estimate of drug-likeness (QED) is 0.496. The Bertz CT molecular complexity index is 1400. The Balaban J connectivity index is 1.41. The van der Waals surface area contributed by atoms with E-state index in [-0.39, 0.29) is 23.2 Å². The number of imidazole rings is 1. The Morgan fingerprint density at radius 3 is 2.43 bits per heavy atom. The third-order valence-corrected chi connectivity index (χ3v) is 8.24. The van der Waals surface area contributed by atoms with Crippen LogP contribution in [0.4, 0.5) is 14.5 Å². The number of pyridine rings is 1. The summed E-state index contributed by atoms with van der Waals surface area (Å²) < 4.78 is 59.2. The Morgan fingerprint density at radius 2 is 1.84 bits per heavy atom. The Labute approximate surface area is 213 Å². The average molecular weight is 535 g/mol. The van der Waals surface area contributed by atoms with Gasteiger partial charge in [0.25, 0.3) is 0 Å². The van der Waals surface area contributed by atoms with Crippen molar-refractivity contribution in [2.24, 2.45) is 5.92 Å². The van der Waals surface area contributed by atoms with Crippen LogP contribution in [0.3, 0.4) is 0 Å². The number of fused-ring (bicyclic) bond motifs is 1. The molecule has 2 saturated heterocycles. The molecule has 1 N–H and O–H groups in total. The van der Waals surface area contributed by atoms with Crippen molar-refractivity contribution in [1.29, 1.82) is 0 Å². The molecule has 1 aromatic carbocycles. The van der Waals surface area contributed by atoms with Gasteiger partial charge < -0.3 is 15.0 Å². The molecule has 2 aliphatic rings. The van der Waals surface area contributed by atoms with Crippen LogP contribution in [0.5, 0.6) is 5.88 Å². The van der Waals surface area contributed by atoms with E-state index in [1.165, 1.54) is 10.6 Å². The number of nitrogens with zero attached hydrogens (tertiary/aromatic N) is 5. The molecule has 2 fully saturated rings. The summed E-state index contributed by atoms with van der Waals surface area (Å²) in [7, 11) is -3.21. The highest BCUT2D eigenvalue weighted by Crippen LogP contribution is 2.33. The van der Waals surface area contributed by atoms with E-state index in [1.54, 1.807) is 13.0 Å². The lowest BCUT2D eigenvalue weighted by molar-refractivity contribution is -0.119. The average Bonchev–Trinajstić information content (AvgIpc) is 3.50. The lowest BCUT2D eigenvalue weighted by Gasteiger charge is -2.34. The lowest BCUT2D eigenvalue weighted by atomic mass is 10.0. The highest BCUT2D eigenvalue weighted by molar-refractivity contribution is 7.88. The van der Waals surface area contributed by atoms with E-state index in [2.05, 4.69) is 20.2 Å².